The van der Waals surface area contributed by atoms with Crippen LogP contribution in [0.15, 0.2) is 36.6 Å². The van der Waals surface area contributed by atoms with E-state index in [0.717, 1.165) is 0 Å². The zero-order valence-corrected chi connectivity index (χ0v) is 10.6. The highest BCUT2D eigenvalue weighted by atomic mass is 79.9. The number of hydrogen-bond acceptors (Lipinski definition) is 2. The Hall–Kier alpha value is -0.320. The topological polar surface area (TPSA) is 30.2 Å². The van der Waals surface area contributed by atoms with Crippen molar-refractivity contribution >= 4 is 54.4 Å². The predicted molar refractivity (Wildman–Crippen MR) is 62.9 cm³/mol. The van der Waals surface area contributed by atoms with Crippen LogP contribution in [0.3, 0.4) is 0 Å². The zero-order valence-electron chi connectivity index (χ0n) is 6.68. The molecule has 2 nitrogen and oxygen atoms in total. The summed E-state index contributed by atoms with van der Waals surface area (Å²) in [5.41, 5.74) is 0.372. The highest BCUT2D eigenvalue weighted by Crippen LogP contribution is 2.27. The summed E-state index contributed by atoms with van der Waals surface area (Å²) >= 11 is 12.2. The second-order valence-electron chi connectivity index (χ2n) is 2.68. The van der Waals surface area contributed by atoms with E-state index in [0.29, 0.717) is 24.9 Å². The van der Waals surface area contributed by atoms with Gasteiger partial charge in [-0.15, -0.1) is 0 Å². The Morgan fingerprint density at radius 2 is 1.93 bits per heavy atom. The van der Waals surface area contributed by atoms with Gasteiger partial charge < -0.3 is 4.42 Å². The average molecular weight is 338 g/mol. The molecule has 2 rings (SSSR count). The van der Waals surface area contributed by atoms with Gasteiger partial charge in [-0.05, 0) is 44.0 Å². The van der Waals surface area contributed by atoms with E-state index in [1.165, 1.54) is 6.26 Å². The molecule has 0 atom stereocenters. The molecule has 0 bridgehead atoms. The maximum atomic E-state index is 11.6. The summed E-state index contributed by atoms with van der Waals surface area (Å²) in [6, 6.07) is 3.26. The van der Waals surface area contributed by atoms with Gasteiger partial charge in [0.2, 0.25) is 5.43 Å². The van der Waals surface area contributed by atoms with Gasteiger partial charge in [0.1, 0.15) is 10.7 Å². The molecule has 0 saturated heterocycles. The summed E-state index contributed by atoms with van der Waals surface area (Å²) in [5.74, 6) is 0. The largest absolute Gasteiger partial charge is 0.462 e. The van der Waals surface area contributed by atoms with Gasteiger partial charge in [0.25, 0.3) is 0 Å². The molecule has 0 N–H and O–H groups in total. The number of fused-ring (bicyclic) bond motifs is 1. The quantitative estimate of drug-likeness (QED) is 0.727. The summed E-state index contributed by atoms with van der Waals surface area (Å²) in [7, 11) is 0. The predicted octanol–water partition coefficient (Wildman–Crippen LogP) is 3.97. The molecule has 0 spiro atoms. The number of halogens is 3. The van der Waals surface area contributed by atoms with E-state index in [1.807, 2.05) is 0 Å². The monoisotopic (exact) mass is 336 g/mol. The summed E-state index contributed by atoms with van der Waals surface area (Å²) in [5, 5.41) is 0.952. The second-order valence-corrected chi connectivity index (χ2v) is 4.82. The molecule has 0 fully saturated rings. The van der Waals surface area contributed by atoms with Gasteiger partial charge in [0, 0.05) is 5.02 Å². The van der Waals surface area contributed by atoms with Crippen molar-refractivity contribution < 1.29 is 4.42 Å². The van der Waals surface area contributed by atoms with Gasteiger partial charge >= 0.3 is 0 Å². The van der Waals surface area contributed by atoms with Crippen LogP contribution >= 0.6 is 43.5 Å². The fraction of sp³-hybridized carbons (Fsp3) is 0. The Morgan fingerprint density at radius 1 is 1.21 bits per heavy atom. The lowest BCUT2D eigenvalue weighted by Crippen LogP contribution is -2.01. The normalized spacial score (nSPS) is 10.8. The smallest absolute Gasteiger partial charge is 0.206 e. The number of rotatable bonds is 0. The summed E-state index contributed by atoms with van der Waals surface area (Å²) in [6.07, 6.45) is 1.36. The third-order valence-corrected chi connectivity index (χ3v) is 3.10. The zero-order chi connectivity index (χ0) is 10.3. The Balaban J connectivity index is 3.03. The third kappa shape index (κ3) is 1.62. The Kier molecular flexibility index (Phi) is 2.68. The molecule has 0 aliphatic heterocycles. The second kappa shape index (κ2) is 3.68. The summed E-state index contributed by atoms with van der Waals surface area (Å²) in [4.78, 5) is 11.6. The van der Waals surface area contributed by atoms with Gasteiger partial charge in [0.05, 0.1) is 9.86 Å². The van der Waals surface area contributed by atoms with E-state index in [-0.39, 0.29) is 5.43 Å². The molecule has 5 heteroatoms. The average Bonchev–Trinajstić information content (AvgIpc) is 2.12. The van der Waals surface area contributed by atoms with Crippen LogP contribution in [-0.2, 0) is 0 Å². The van der Waals surface area contributed by atoms with E-state index in [4.69, 9.17) is 16.0 Å². The van der Waals surface area contributed by atoms with Crippen LogP contribution < -0.4 is 5.43 Å². The molecule has 0 unspecified atom stereocenters. The van der Waals surface area contributed by atoms with Crippen LogP contribution in [0.2, 0.25) is 5.02 Å². The van der Waals surface area contributed by atoms with Crippen LogP contribution in [-0.4, -0.2) is 0 Å². The van der Waals surface area contributed by atoms with Crippen molar-refractivity contribution in [3.63, 3.8) is 0 Å². The molecule has 0 aliphatic rings. The molecule has 0 radical (unpaired) electrons. The molecule has 14 heavy (non-hydrogen) atoms. The lowest BCUT2D eigenvalue weighted by atomic mass is 10.2. The van der Waals surface area contributed by atoms with Crippen molar-refractivity contribution in [1.29, 1.82) is 0 Å². The minimum Gasteiger partial charge on any atom is -0.462 e. The van der Waals surface area contributed by atoms with Crippen LogP contribution in [0.25, 0.3) is 11.0 Å². The lowest BCUT2D eigenvalue weighted by Gasteiger charge is -2.00. The highest BCUT2D eigenvalue weighted by Gasteiger charge is 2.08. The highest BCUT2D eigenvalue weighted by molar-refractivity contribution is 9.11. The first-order valence-electron chi connectivity index (χ1n) is 3.65. The minimum atomic E-state index is -0.130. The Morgan fingerprint density at radius 3 is 2.64 bits per heavy atom. The first-order chi connectivity index (χ1) is 6.59. The molecule has 1 aromatic heterocycles. The molecule has 0 saturated carbocycles. The molecule has 0 aliphatic carbocycles. The van der Waals surface area contributed by atoms with Gasteiger partial charge in [-0.1, -0.05) is 11.6 Å². The summed E-state index contributed by atoms with van der Waals surface area (Å²) in [6.45, 7) is 0. The van der Waals surface area contributed by atoms with E-state index < -0.39 is 0 Å². The molecular formula is C9H3Br2ClO2. The maximum Gasteiger partial charge on any atom is 0.206 e. The van der Waals surface area contributed by atoms with Crippen molar-refractivity contribution in [3.8, 4) is 0 Å². The fourth-order valence-electron chi connectivity index (χ4n) is 1.14. The van der Waals surface area contributed by atoms with Crippen molar-refractivity contribution in [2.45, 2.75) is 0 Å². The molecule has 0 amide bonds. The standard InChI is InChI=1S/C9H3Br2ClO2/c10-6-2-4(12)1-5-8(13)7(11)3-14-9(5)6/h1-3H. The van der Waals surface area contributed by atoms with Crippen molar-refractivity contribution in [2.24, 2.45) is 0 Å². The van der Waals surface area contributed by atoms with Gasteiger partial charge in [-0.3, -0.25) is 4.79 Å². The Bertz CT molecular complexity index is 562. The van der Waals surface area contributed by atoms with Gasteiger partial charge in [-0.25, -0.2) is 0 Å². The van der Waals surface area contributed by atoms with Gasteiger partial charge in [-0.2, -0.15) is 0 Å². The van der Waals surface area contributed by atoms with Crippen LogP contribution in [0.5, 0.6) is 0 Å². The van der Waals surface area contributed by atoms with Gasteiger partial charge in [0.15, 0.2) is 5.58 Å². The van der Waals surface area contributed by atoms with Crippen molar-refractivity contribution in [2.75, 3.05) is 0 Å². The lowest BCUT2D eigenvalue weighted by molar-refractivity contribution is 0.597. The molecule has 72 valence electrons. The first kappa shape index (κ1) is 10.2. The van der Waals surface area contributed by atoms with E-state index >= 15 is 0 Å². The van der Waals surface area contributed by atoms with Crippen molar-refractivity contribution in [1.82, 2.24) is 0 Å². The molecule has 2 aromatic rings. The number of benzene rings is 1. The van der Waals surface area contributed by atoms with E-state index in [2.05, 4.69) is 31.9 Å². The fourth-order valence-corrected chi connectivity index (χ4v) is 2.35. The maximum absolute atomic E-state index is 11.6. The van der Waals surface area contributed by atoms with Crippen LogP contribution in [0, 0.1) is 0 Å². The summed E-state index contributed by atoms with van der Waals surface area (Å²) < 4.78 is 6.32. The Labute approximate surface area is 101 Å². The molecule has 1 heterocycles. The van der Waals surface area contributed by atoms with E-state index in [9.17, 15) is 4.79 Å². The first-order valence-corrected chi connectivity index (χ1v) is 5.62. The van der Waals surface area contributed by atoms with E-state index in [1.54, 1.807) is 12.1 Å². The number of hydrogen-bond donors (Lipinski definition) is 0. The minimum absolute atomic E-state index is 0.130. The van der Waals surface area contributed by atoms with Crippen LogP contribution in [0.1, 0.15) is 0 Å². The third-order valence-electron chi connectivity index (χ3n) is 1.75. The SMILES string of the molecule is O=c1c(Br)coc2c(Br)cc(Cl)cc12. The molecule has 1 aromatic carbocycles. The van der Waals surface area contributed by atoms with Crippen LogP contribution in [0.4, 0.5) is 0 Å². The van der Waals surface area contributed by atoms with Crippen molar-refractivity contribution in [3.05, 3.63) is 42.6 Å². The molecular weight excluding hydrogens is 335 g/mol.